The van der Waals surface area contributed by atoms with Gasteiger partial charge in [0.05, 0.1) is 0 Å². The lowest BCUT2D eigenvalue weighted by Crippen LogP contribution is -1.94. The van der Waals surface area contributed by atoms with Crippen molar-refractivity contribution in [3.63, 3.8) is 0 Å². The first kappa shape index (κ1) is 21.3. The standard InChI is InChI=1S/C32H20IN3/c33-25-18-16-24(17-19-25)31-34-35-32-29-10-4-3-9-28(29)30(20-36(31)32)23-14-12-22(13-15-23)27-11-5-7-21-6-1-2-8-26(21)27/h1-20H. The number of pyridine rings is 1. The van der Waals surface area contributed by atoms with Gasteiger partial charge in [-0.05, 0) is 67.6 Å². The zero-order chi connectivity index (χ0) is 24.1. The second kappa shape index (κ2) is 8.57. The van der Waals surface area contributed by atoms with Crippen LogP contribution in [0, 0.1) is 3.57 Å². The first-order chi connectivity index (χ1) is 17.8. The molecular formula is C32H20IN3. The lowest BCUT2D eigenvalue weighted by atomic mass is 9.95. The summed E-state index contributed by atoms with van der Waals surface area (Å²) in [4.78, 5) is 0. The Morgan fingerprint density at radius 3 is 1.89 bits per heavy atom. The van der Waals surface area contributed by atoms with Crippen LogP contribution in [0.1, 0.15) is 0 Å². The summed E-state index contributed by atoms with van der Waals surface area (Å²) in [5.74, 6) is 0.848. The molecule has 0 aliphatic heterocycles. The number of fused-ring (bicyclic) bond motifs is 4. The summed E-state index contributed by atoms with van der Waals surface area (Å²) in [5, 5.41) is 13.9. The lowest BCUT2D eigenvalue weighted by molar-refractivity contribution is 1.11. The fraction of sp³-hybridized carbons (Fsp3) is 0. The van der Waals surface area contributed by atoms with Gasteiger partial charge >= 0.3 is 0 Å². The predicted molar refractivity (Wildman–Crippen MR) is 157 cm³/mol. The van der Waals surface area contributed by atoms with E-state index in [-0.39, 0.29) is 0 Å². The molecule has 36 heavy (non-hydrogen) atoms. The molecule has 0 bridgehead atoms. The largest absolute Gasteiger partial charge is 0.281 e. The summed E-state index contributed by atoms with van der Waals surface area (Å²) in [7, 11) is 0. The fourth-order valence-electron chi connectivity index (χ4n) is 5.04. The molecule has 0 saturated heterocycles. The molecule has 4 heteroatoms. The van der Waals surface area contributed by atoms with Crippen molar-refractivity contribution in [3.8, 4) is 33.6 Å². The molecule has 0 N–H and O–H groups in total. The molecule has 170 valence electrons. The van der Waals surface area contributed by atoms with E-state index in [1.54, 1.807) is 0 Å². The van der Waals surface area contributed by atoms with Gasteiger partial charge in [-0.15, -0.1) is 10.2 Å². The number of aromatic nitrogens is 3. The van der Waals surface area contributed by atoms with Crippen LogP contribution >= 0.6 is 22.6 Å². The number of rotatable bonds is 3. The molecule has 0 saturated carbocycles. The van der Waals surface area contributed by atoms with Crippen LogP contribution in [-0.4, -0.2) is 14.6 Å². The highest BCUT2D eigenvalue weighted by Gasteiger charge is 2.15. The summed E-state index contributed by atoms with van der Waals surface area (Å²) in [5.41, 5.74) is 6.71. The summed E-state index contributed by atoms with van der Waals surface area (Å²) < 4.78 is 3.32. The Hall–Kier alpha value is -4.03. The van der Waals surface area contributed by atoms with E-state index in [0.29, 0.717) is 0 Å². The van der Waals surface area contributed by atoms with Crippen molar-refractivity contribution < 1.29 is 0 Å². The Morgan fingerprint density at radius 1 is 0.500 bits per heavy atom. The van der Waals surface area contributed by atoms with Gasteiger partial charge in [0.2, 0.25) is 0 Å². The highest BCUT2D eigenvalue weighted by molar-refractivity contribution is 14.1. The molecular weight excluding hydrogens is 553 g/mol. The van der Waals surface area contributed by atoms with Crippen LogP contribution in [0.2, 0.25) is 0 Å². The molecule has 0 fully saturated rings. The minimum Gasteiger partial charge on any atom is -0.281 e. The van der Waals surface area contributed by atoms with Crippen LogP contribution in [-0.2, 0) is 0 Å². The van der Waals surface area contributed by atoms with Crippen molar-refractivity contribution >= 4 is 49.8 Å². The Balaban J connectivity index is 1.41. The smallest absolute Gasteiger partial charge is 0.169 e. The van der Waals surface area contributed by atoms with Gasteiger partial charge in [0, 0.05) is 26.3 Å². The summed E-state index contributed by atoms with van der Waals surface area (Å²) in [6, 6.07) is 40.8. The maximum atomic E-state index is 4.57. The van der Waals surface area contributed by atoms with Crippen LogP contribution < -0.4 is 0 Å². The van der Waals surface area contributed by atoms with Crippen LogP contribution in [0.5, 0.6) is 0 Å². The minimum absolute atomic E-state index is 0.848. The Bertz CT molecular complexity index is 1880. The van der Waals surface area contributed by atoms with Gasteiger partial charge in [-0.1, -0.05) is 103 Å². The quantitative estimate of drug-likeness (QED) is 0.198. The average Bonchev–Trinajstić information content (AvgIpc) is 3.37. The van der Waals surface area contributed by atoms with Gasteiger partial charge < -0.3 is 0 Å². The summed E-state index contributed by atoms with van der Waals surface area (Å²) in [6.45, 7) is 0. The zero-order valence-corrected chi connectivity index (χ0v) is 21.4. The SMILES string of the molecule is Ic1ccc(-c2nnc3c4ccccc4c(-c4ccc(-c5cccc6ccccc56)cc4)cn23)cc1. The van der Waals surface area contributed by atoms with E-state index >= 15 is 0 Å². The van der Waals surface area contributed by atoms with Gasteiger partial charge in [0.1, 0.15) is 0 Å². The van der Waals surface area contributed by atoms with Crippen molar-refractivity contribution in [2.75, 3.05) is 0 Å². The number of hydrogen-bond donors (Lipinski definition) is 0. The molecule has 0 aliphatic carbocycles. The first-order valence-electron chi connectivity index (χ1n) is 11.9. The van der Waals surface area contributed by atoms with E-state index in [2.05, 4.69) is 159 Å². The van der Waals surface area contributed by atoms with Gasteiger partial charge in [0.25, 0.3) is 0 Å². The third-order valence-corrected chi connectivity index (χ3v) is 7.53. The lowest BCUT2D eigenvalue weighted by Gasteiger charge is -2.12. The zero-order valence-electron chi connectivity index (χ0n) is 19.3. The Labute approximate surface area is 222 Å². The Morgan fingerprint density at radius 2 is 1.11 bits per heavy atom. The van der Waals surface area contributed by atoms with Crippen LogP contribution in [0.3, 0.4) is 0 Å². The summed E-state index contributed by atoms with van der Waals surface area (Å²) >= 11 is 2.33. The molecule has 7 aromatic rings. The fourth-order valence-corrected chi connectivity index (χ4v) is 5.40. The number of hydrogen-bond acceptors (Lipinski definition) is 2. The third-order valence-electron chi connectivity index (χ3n) is 6.81. The molecule has 3 nitrogen and oxygen atoms in total. The van der Waals surface area contributed by atoms with E-state index in [9.17, 15) is 0 Å². The van der Waals surface area contributed by atoms with E-state index < -0.39 is 0 Å². The highest BCUT2D eigenvalue weighted by Crippen LogP contribution is 2.35. The molecule has 2 aromatic heterocycles. The molecule has 5 aromatic carbocycles. The average molecular weight is 573 g/mol. The number of halogens is 1. The topological polar surface area (TPSA) is 30.2 Å². The predicted octanol–water partition coefficient (Wildman–Crippen LogP) is 8.64. The second-order valence-electron chi connectivity index (χ2n) is 8.92. The maximum absolute atomic E-state index is 4.57. The molecule has 0 aliphatic rings. The maximum Gasteiger partial charge on any atom is 0.169 e. The van der Waals surface area contributed by atoms with Gasteiger partial charge in [0.15, 0.2) is 11.5 Å². The van der Waals surface area contributed by atoms with E-state index in [1.807, 2.05) is 0 Å². The molecule has 0 amide bonds. The number of nitrogens with zero attached hydrogens (tertiary/aromatic N) is 3. The first-order valence-corrected chi connectivity index (χ1v) is 13.0. The van der Waals surface area contributed by atoms with Crippen LogP contribution in [0.25, 0.3) is 60.8 Å². The van der Waals surface area contributed by atoms with Crippen molar-refractivity contribution in [1.29, 1.82) is 0 Å². The van der Waals surface area contributed by atoms with Crippen molar-refractivity contribution in [2.24, 2.45) is 0 Å². The normalized spacial score (nSPS) is 11.5. The second-order valence-corrected chi connectivity index (χ2v) is 10.2. The van der Waals surface area contributed by atoms with Crippen molar-refractivity contribution in [2.45, 2.75) is 0 Å². The number of benzene rings is 5. The van der Waals surface area contributed by atoms with E-state index in [1.165, 1.54) is 36.4 Å². The van der Waals surface area contributed by atoms with Gasteiger partial charge in [-0.3, -0.25) is 4.40 Å². The monoisotopic (exact) mass is 573 g/mol. The third kappa shape index (κ3) is 3.48. The van der Waals surface area contributed by atoms with E-state index in [4.69, 9.17) is 0 Å². The molecule has 0 radical (unpaired) electrons. The summed E-state index contributed by atoms with van der Waals surface area (Å²) in [6.07, 6.45) is 2.18. The molecule has 7 rings (SSSR count). The molecule has 0 spiro atoms. The molecule has 0 unspecified atom stereocenters. The van der Waals surface area contributed by atoms with Crippen LogP contribution in [0.15, 0.2) is 121 Å². The van der Waals surface area contributed by atoms with Crippen molar-refractivity contribution in [3.05, 3.63) is 125 Å². The van der Waals surface area contributed by atoms with Gasteiger partial charge in [-0.25, -0.2) is 0 Å². The van der Waals surface area contributed by atoms with Crippen molar-refractivity contribution in [1.82, 2.24) is 14.6 Å². The Kier molecular flexibility index (Phi) is 5.06. The minimum atomic E-state index is 0.848. The molecule has 2 heterocycles. The van der Waals surface area contributed by atoms with Crippen LogP contribution in [0.4, 0.5) is 0 Å². The molecule has 0 atom stereocenters. The highest BCUT2D eigenvalue weighted by atomic mass is 127. The van der Waals surface area contributed by atoms with Gasteiger partial charge in [-0.2, -0.15) is 0 Å². The van der Waals surface area contributed by atoms with E-state index in [0.717, 1.165) is 28.0 Å².